The maximum Gasteiger partial charge on any atom is 0.279 e. The van der Waals surface area contributed by atoms with Gasteiger partial charge in [-0.15, -0.1) is 0 Å². The number of anilines is 1. The smallest absolute Gasteiger partial charge is 0.279 e. The summed E-state index contributed by atoms with van der Waals surface area (Å²) in [4.78, 5) is 2.31. The first-order valence-electron chi connectivity index (χ1n) is 9.46. The summed E-state index contributed by atoms with van der Waals surface area (Å²) >= 11 is 0. The van der Waals surface area contributed by atoms with E-state index in [0.29, 0.717) is 6.42 Å². The molecule has 0 spiro atoms. The van der Waals surface area contributed by atoms with Gasteiger partial charge in [-0.2, -0.15) is 17.9 Å². The number of nitrogens with zero attached hydrogens (tertiary/aromatic N) is 3. The molecule has 6 heteroatoms. The molecule has 0 aromatic heterocycles. The highest BCUT2D eigenvalue weighted by atomic mass is 32.2. The third-order valence-corrected chi connectivity index (χ3v) is 6.85. The molecule has 150 valence electrons. The van der Waals surface area contributed by atoms with Crippen LogP contribution in [0.1, 0.15) is 38.3 Å². The Balaban J connectivity index is 2.02. The lowest BCUT2D eigenvalue weighted by Gasteiger charge is -2.33. The van der Waals surface area contributed by atoms with Crippen LogP contribution in [0.3, 0.4) is 0 Å². The lowest BCUT2D eigenvalue weighted by molar-refractivity contribution is 0.203. The number of hydrogen-bond donors (Lipinski definition) is 0. The van der Waals surface area contributed by atoms with Crippen molar-refractivity contribution in [3.63, 3.8) is 0 Å². The van der Waals surface area contributed by atoms with E-state index in [0.717, 1.165) is 22.5 Å². The van der Waals surface area contributed by atoms with Gasteiger partial charge in [-0.05, 0) is 42.2 Å². The summed E-state index contributed by atoms with van der Waals surface area (Å²) in [6, 6.07) is 14.8. The standard InChI is InChI=1S/C22H29N3O2S/c1-16-7-13-19(14-8-16)28(26,27)25-21(22(2,3)4)15-20(23-25)17-9-11-18(12-10-17)24(5)6/h7-14,21H,15H2,1-6H3. The van der Waals surface area contributed by atoms with E-state index in [-0.39, 0.29) is 16.4 Å². The lowest BCUT2D eigenvalue weighted by atomic mass is 9.84. The molecule has 0 saturated heterocycles. The minimum atomic E-state index is -3.71. The Morgan fingerprint density at radius 1 is 1.00 bits per heavy atom. The predicted molar refractivity (Wildman–Crippen MR) is 115 cm³/mol. The van der Waals surface area contributed by atoms with Crippen molar-refractivity contribution in [1.29, 1.82) is 0 Å². The number of benzene rings is 2. The van der Waals surface area contributed by atoms with E-state index in [1.807, 2.05) is 62.3 Å². The molecule has 0 fully saturated rings. The van der Waals surface area contributed by atoms with Crippen molar-refractivity contribution in [2.75, 3.05) is 19.0 Å². The van der Waals surface area contributed by atoms with E-state index in [4.69, 9.17) is 0 Å². The van der Waals surface area contributed by atoms with E-state index in [1.165, 1.54) is 4.41 Å². The molecular weight excluding hydrogens is 370 g/mol. The van der Waals surface area contributed by atoms with Crippen molar-refractivity contribution < 1.29 is 8.42 Å². The average molecular weight is 400 g/mol. The second-order valence-corrected chi connectivity index (χ2v) is 10.5. The van der Waals surface area contributed by atoms with Gasteiger partial charge >= 0.3 is 0 Å². The Labute approximate surface area is 168 Å². The molecular formula is C22H29N3O2S. The van der Waals surface area contributed by atoms with Crippen molar-refractivity contribution >= 4 is 21.4 Å². The number of rotatable bonds is 4. The molecule has 1 atom stereocenters. The minimum Gasteiger partial charge on any atom is -0.378 e. The van der Waals surface area contributed by atoms with Gasteiger partial charge < -0.3 is 4.90 Å². The van der Waals surface area contributed by atoms with Crippen LogP contribution in [-0.4, -0.2) is 38.7 Å². The molecule has 1 unspecified atom stereocenters. The number of aryl methyl sites for hydroxylation is 1. The fourth-order valence-electron chi connectivity index (χ4n) is 3.30. The number of hydrogen-bond acceptors (Lipinski definition) is 4. The minimum absolute atomic E-state index is 0.234. The van der Waals surface area contributed by atoms with Crippen LogP contribution in [0.25, 0.3) is 0 Å². The van der Waals surface area contributed by atoms with Gasteiger partial charge in [-0.25, -0.2) is 0 Å². The largest absolute Gasteiger partial charge is 0.378 e. The predicted octanol–water partition coefficient (Wildman–Crippen LogP) is 4.27. The molecule has 1 aliphatic heterocycles. The van der Waals surface area contributed by atoms with E-state index in [9.17, 15) is 8.42 Å². The zero-order valence-electron chi connectivity index (χ0n) is 17.5. The Kier molecular flexibility index (Phi) is 5.28. The molecule has 0 saturated carbocycles. The fraction of sp³-hybridized carbons (Fsp3) is 0.409. The molecule has 1 heterocycles. The van der Waals surface area contributed by atoms with E-state index in [1.54, 1.807) is 12.1 Å². The second-order valence-electron chi connectivity index (χ2n) is 8.66. The summed E-state index contributed by atoms with van der Waals surface area (Å²) in [7, 11) is 0.275. The molecule has 0 N–H and O–H groups in total. The summed E-state index contributed by atoms with van der Waals surface area (Å²) < 4.78 is 28.0. The van der Waals surface area contributed by atoms with Crippen LogP contribution >= 0.6 is 0 Å². The highest BCUT2D eigenvalue weighted by Gasteiger charge is 2.42. The molecule has 28 heavy (non-hydrogen) atoms. The van der Waals surface area contributed by atoms with Crippen LogP contribution in [-0.2, 0) is 10.0 Å². The van der Waals surface area contributed by atoms with Gasteiger partial charge in [-0.1, -0.05) is 50.6 Å². The monoisotopic (exact) mass is 399 g/mol. The van der Waals surface area contributed by atoms with E-state index >= 15 is 0 Å². The lowest BCUT2D eigenvalue weighted by Crippen LogP contribution is -2.41. The van der Waals surface area contributed by atoms with Crippen LogP contribution in [0.15, 0.2) is 58.5 Å². The van der Waals surface area contributed by atoms with Crippen molar-refractivity contribution in [3.8, 4) is 0 Å². The molecule has 3 rings (SSSR count). The zero-order valence-corrected chi connectivity index (χ0v) is 18.3. The molecule has 0 aliphatic carbocycles. The van der Waals surface area contributed by atoms with Gasteiger partial charge in [0.25, 0.3) is 10.0 Å². The second kappa shape index (κ2) is 7.24. The van der Waals surface area contributed by atoms with Gasteiger partial charge in [0.05, 0.1) is 16.6 Å². The van der Waals surface area contributed by atoms with E-state index < -0.39 is 10.0 Å². The van der Waals surface area contributed by atoms with Crippen molar-refractivity contribution in [1.82, 2.24) is 4.41 Å². The third-order valence-electron chi connectivity index (χ3n) is 5.15. The Morgan fingerprint density at radius 3 is 2.07 bits per heavy atom. The maximum absolute atomic E-state index is 13.3. The molecule has 0 bridgehead atoms. The van der Waals surface area contributed by atoms with Crippen LogP contribution in [0.2, 0.25) is 0 Å². The zero-order chi connectivity index (χ0) is 20.7. The fourth-order valence-corrected chi connectivity index (χ4v) is 4.92. The first-order valence-corrected chi connectivity index (χ1v) is 10.9. The van der Waals surface area contributed by atoms with Gasteiger partial charge in [0.1, 0.15) is 0 Å². The molecule has 2 aromatic carbocycles. The van der Waals surface area contributed by atoms with Crippen LogP contribution < -0.4 is 4.90 Å². The van der Waals surface area contributed by atoms with Crippen LogP contribution in [0, 0.1) is 12.3 Å². The average Bonchev–Trinajstić information content (AvgIpc) is 3.09. The number of sulfonamides is 1. The molecule has 1 aliphatic rings. The van der Waals surface area contributed by atoms with Crippen LogP contribution in [0.4, 0.5) is 5.69 Å². The van der Waals surface area contributed by atoms with Gasteiger partial charge in [0.15, 0.2) is 0 Å². The van der Waals surface area contributed by atoms with Gasteiger partial charge in [0.2, 0.25) is 0 Å². The Hall–Kier alpha value is -2.34. The van der Waals surface area contributed by atoms with E-state index in [2.05, 4.69) is 25.9 Å². The molecule has 0 amide bonds. The summed E-state index contributed by atoms with van der Waals surface area (Å²) in [6.07, 6.45) is 0.593. The Morgan fingerprint density at radius 2 is 1.57 bits per heavy atom. The van der Waals surface area contributed by atoms with Gasteiger partial charge in [0, 0.05) is 26.2 Å². The number of hydrazone groups is 1. The summed E-state index contributed by atoms with van der Waals surface area (Å²) in [5.41, 5.74) is 3.64. The normalized spacial score (nSPS) is 17.6. The summed E-state index contributed by atoms with van der Waals surface area (Å²) in [5.74, 6) is 0. The quantitative estimate of drug-likeness (QED) is 0.771. The highest BCUT2D eigenvalue weighted by molar-refractivity contribution is 7.89. The summed E-state index contributed by atoms with van der Waals surface area (Å²) in [6.45, 7) is 8.12. The van der Waals surface area contributed by atoms with Crippen LogP contribution in [0.5, 0.6) is 0 Å². The SMILES string of the molecule is Cc1ccc(S(=O)(=O)N2N=C(c3ccc(N(C)C)cc3)CC2C(C)(C)C)cc1. The summed E-state index contributed by atoms with van der Waals surface area (Å²) in [5, 5.41) is 4.60. The van der Waals surface area contributed by atoms with Gasteiger partial charge in [-0.3, -0.25) is 0 Å². The van der Waals surface area contributed by atoms with Crippen molar-refractivity contribution in [2.45, 2.75) is 45.1 Å². The topological polar surface area (TPSA) is 53.0 Å². The first-order chi connectivity index (χ1) is 13.0. The van der Waals surface area contributed by atoms with Crippen molar-refractivity contribution in [2.24, 2.45) is 10.5 Å². The maximum atomic E-state index is 13.3. The molecule has 2 aromatic rings. The highest BCUT2D eigenvalue weighted by Crippen LogP contribution is 2.37. The molecule has 0 radical (unpaired) electrons. The Bertz CT molecular complexity index is 970. The molecule has 5 nitrogen and oxygen atoms in total. The van der Waals surface area contributed by atoms with Crippen molar-refractivity contribution in [3.05, 3.63) is 59.7 Å². The first kappa shape index (κ1) is 20.4. The third kappa shape index (κ3) is 3.92.